The molecule has 15 heavy (non-hydrogen) atoms. The first-order valence-electron chi connectivity index (χ1n) is 3.31. The van der Waals surface area contributed by atoms with Crippen LogP contribution in [-0.2, 0) is 36.4 Å². The predicted molar refractivity (Wildman–Crippen MR) is 46.7 cm³/mol. The maximum Gasteiger partial charge on any atom is 0.747 e. The van der Waals surface area contributed by atoms with Crippen LogP contribution >= 0.6 is 8.25 Å². The fraction of sp³-hybridized carbons (Fsp3) is 0. The summed E-state index contributed by atoms with van der Waals surface area (Å²) < 4.78 is 44.3. The molecule has 0 saturated heterocycles. The molecule has 9 heteroatoms. The van der Waals surface area contributed by atoms with E-state index in [0.717, 1.165) is 24.3 Å². The summed E-state index contributed by atoms with van der Waals surface area (Å²) in [6.45, 7) is 0. The normalized spacial score (nSPS) is 11.5. The van der Waals surface area contributed by atoms with Gasteiger partial charge in [0.2, 0.25) is 0 Å². The number of rotatable bonds is 3. The van der Waals surface area contributed by atoms with E-state index in [4.69, 9.17) is 9.45 Å². The maximum atomic E-state index is 10.6. The second kappa shape index (κ2) is 5.70. The van der Waals surface area contributed by atoms with E-state index in [2.05, 4.69) is 4.52 Å². The topological polar surface area (TPSA) is 101 Å². The van der Waals surface area contributed by atoms with Gasteiger partial charge in [-0.3, -0.25) is 4.55 Å². The van der Waals surface area contributed by atoms with Crippen LogP contribution in [0.3, 0.4) is 0 Å². The largest absolute Gasteiger partial charge is 0.747 e. The zero-order valence-corrected chi connectivity index (χ0v) is 10.5. The van der Waals surface area contributed by atoms with Crippen molar-refractivity contribution in [3.63, 3.8) is 0 Å². The van der Waals surface area contributed by atoms with Gasteiger partial charge in [0.15, 0.2) is 5.75 Å². The maximum absolute atomic E-state index is 10.6. The Morgan fingerprint density at radius 2 is 1.67 bits per heavy atom. The molecule has 0 aliphatic rings. The Morgan fingerprint density at radius 3 is 2.00 bits per heavy atom. The molecule has 0 aliphatic heterocycles. The minimum absolute atomic E-state index is 0. The van der Waals surface area contributed by atoms with Crippen molar-refractivity contribution in [2.45, 2.75) is 4.90 Å². The third-order valence-corrected chi connectivity index (χ3v) is 2.54. The summed E-state index contributed by atoms with van der Waals surface area (Å²) >= 11 is 0. The average Bonchev–Trinajstić information content (AvgIpc) is 2.02. The summed E-state index contributed by atoms with van der Waals surface area (Å²) in [6, 6.07) is 4.44. The molecule has 0 amide bonds. The van der Waals surface area contributed by atoms with Crippen LogP contribution < -0.4 is 4.52 Å². The Balaban J connectivity index is 0.00000196. The van der Waals surface area contributed by atoms with Gasteiger partial charge in [-0.05, 0) is 24.3 Å². The molecule has 2 N–H and O–H groups in total. The molecule has 0 fully saturated rings. The van der Waals surface area contributed by atoms with Crippen LogP contribution in [0, 0.1) is 0 Å². The van der Waals surface area contributed by atoms with E-state index in [0.29, 0.717) is 0 Å². The van der Waals surface area contributed by atoms with E-state index in [1.807, 2.05) is 0 Å². The van der Waals surface area contributed by atoms with E-state index < -0.39 is 18.4 Å². The van der Waals surface area contributed by atoms with Crippen molar-refractivity contribution in [2.24, 2.45) is 0 Å². The van der Waals surface area contributed by atoms with Gasteiger partial charge >= 0.3 is 8.25 Å². The molecule has 0 aliphatic carbocycles. The summed E-state index contributed by atoms with van der Waals surface area (Å²) in [7, 11) is -7.02. The van der Waals surface area contributed by atoms with Gasteiger partial charge in [-0.1, -0.05) is 0 Å². The molecule has 1 unspecified atom stereocenters. The zero-order chi connectivity index (χ0) is 10.8. The van der Waals surface area contributed by atoms with Crippen molar-refractivity contribution in [1.29, 1.82) is 0 Å². The molecule has 1 atom stereocenters. The Bertz CT molecular complexity index is 441. The second-order valence-electron chi connectivity index (χ2n) is 2.28. The SMILES string of the molecule is O=[P+](O)Oc1ccc(S(=O)(=O)O)cc1.[Ti]. The Hall–Kier alpha value is -0.296. The molecule has 80 valence electrons. The molecule has 6 nitrogen and oxygen atoms in total. The summed E-state index contributed by atoms with van der Waals surface area (Å²) in [5, 5.41) is 0. The molecular weight excluding hydrogens is 279 g/mol. The quantitative estimate of drug-likeness (QED) is 0.487. The van der Waals surface area contributed by atoms with Crippen molar-refractivity contribution in [3.8, 4) is 5.75 Å². The fourth-order valence-electron chi connectivity index (χ4n) is 0.763. The minimum atomic E-state index is -4.24. The van der Waals surface area contributed by atoms with Crippen molar-refractivity contribution in [1.82, 2.24) is 0 Å². The van der Waals surface area contributed by atoms with E-state index in [9.17, 15) is 13.0 Å². The molecule has 0 spiro atoms. The Kier molecular flexibility index (Phi) is 5.58. The fourth-order valence-corrected chi connectivity index (χ4v) is 1.54. The predicted octanol–water partition coefficient (Wildman–Crippen LogP) is 0.959. The summed E-state index contributed by atoms with van der Waals surface area (Å²) in [5.41, 5.74) is 0. The molecule has 0 radical (unpaired) electrons. The van der Waals surface area contributed by atoms with E-state index in [1.165, 1.54) is 0 Å². The zero-order valence-electron chi connectivity index (χ0n) is 7.19. The van der Waals surface area contributed by atoms with Crippen LogP contribution in [-0.4, -0.2) is 17.9 Å². The van der Waals surface area contributed by atoms with Crippen LogP contribution in [0.2, 0.25) is 0 Å². The monoisotopic (exact) mass is 285 g/mol. The first-order chi connectivity index (χ1) is 6.39. The van der Waals surface area contributed by atoms with Crippen LogP contribution in [0.4, 0.5) is 0 Å². The van der Waals surface area contributed by atoms with Crippen LogP contribution in [0.1, 0.15) is 0 Å². The minimum Gasteiger partial charge on any atom is -0.282 e. The number of benzene rings is 1. The Morgan fingerprint density at radius 1 is 1.20 bits per heavy atom. The first-order valence-corrected chi connectivity index (χ1v) is 5.88. The van der Waals surface area contributed by atoms with Crippen molar-refractivity contribution in [2.75, 3.05) is 0 Å². The molecule has 0 bridgehead atoms. The summed E-state index contributed by atoms with van der Waals surface area (Å²) in [4.78, 5) is 8.05. The van der Waals surface area contributed by atoms with Crippen molar-refractivity contribution < 1.29 is 48.7 Å². The van der Waals surface area contributed by atoms with Crippen LogP contribution in [0.5, 0.6) is 5.75 Å². The van der Waals surface area contributed by atoms with E-state index in [-0.39, 0.29) is 32.4 Å². The van der Waals surface area contributed by atoms with Gasteiger partial charge < -0.3 is 0 Å². The smallest absolute Gasteiger partial charge is 0.282 e. The van der Waals surface area contributed by atoms with Crippen molar-refractivity contribution >= 4 is 18.4 Å². The molecule has 0 aromatic heterocycles. The average molecular weight is 285 g/mol. The molecule has 1 aromatic carbocycles. The van der Waals surface area contributed by atoms with Gasteiger partial charge in [-0.15, -0.1) is 4.89 Å². The third kappa shape index (κ3) is 4.84. The van der Waals surface area contributed by atoms with Crippen LogP contribution in [0.15, 0.2) is 29.2 Å². The van der Waals surface area contributed by atoms with E-state index in [1.54, 1.807) is 0 Å². The van der Waals surface area contributed by atoms with Gasteiger partial charge in [0.25, 0.3) is 10.1 Å². The number of hydrogen-bond acceptors (Lipinski definition) is 4. The van der Waals surface area contributed by atoms with Gasteiger partial charge in [0.1, 0.15) is 0 Å². The van der Waals surface area contributed by atoms with E-state index >= 15 is 0 Å². The molecule has 1 aromatic rings. The molecular formula is C6H6O6PSTi+. The van der Waals surface area contributed by atoms with Gasteiger partial charge in [0.05, 0.1) is 4.90 Å². The second-order valence-corrected chi connectivity index (χ2v) is 4.36. The van der Waals surface area contributed by atoms with Gasteiger partial charge in [0, 0.05) is 26.3 Å². The summed E-state index contributed by atoms with van der Waals surface area (Å²) in [5.74, 6) is 0.0426. The van der Waals surface area contributed by atoms with Gasteiger partial charge in [-0.2, -0.15) is 8.42 Å². The number of hydrogen-bond donors (Lipinski definition) is 2. The summed E-state index contributed by atoms with van der Waals surface area (Å²) in [6.07, 6.45) is 0. The standard InChI is InChI=1S/C6H5O6PS.Ti/c7-13(8)12-5-1-3-6(4-2-5)14(9,10)11;/h1-4H,(H-,7,8,9,10,11);/p+1. The third-order valence-electron chi connectivity index (χ3n) is 1.31. The molecule has 0 heterocycles. The van der Waals surface area contributed by atoms with Crippen LogP contribution in [0.25, 0.3) is 0 Å². The first kappa shape index (κ1) is 14.7. The van der Waals surface area contributed by atoms with Crippen molar-refractivity contribution in [3.05, 3.63) is 24.3 Å². The molecule has 0 saturated carbocycles. The Labute approximate surface area is 102 Å². The molecule has 1 rings (SSSR count). The van der Waals surface area contributed by atoms with Gasteiger partial charge in [-0.25, -0.2) is 4.52 Å².